The molecule has 0 radical (unpaired) electrons. The molecule has 0 spiro atoms. The van der Waals surface area contributed by atoms with E-state index in [2.05, 4.69) is 60.8 Å². The summed E-state index contributed by atoms with van der Waals surface area (Å²) in [6, 6.07) is 10.5. The van der Waals surface area contributed by atoms with Crippen molar-refractivity contribution in [2.45, 2.75) is 45.4 Å². The molecular formula is C23H24N4. The van der Waals surface area contributed by atoms with E-state index in [4.69, 9.17) is 4.98 Å². The van der Waals surface area contributed by atoms with Crippen molar-refractivity contribution in [2.24, 2.45) is 0 Å². The molecule has 1 unspecified atom stereocenters. The van der Waals surface area contributed by atoms with Crippen LogP contribution < -0.4 is 0 Å². The zero-order valence-corrected chi connectivity index (χ0v) is 16.3. The highest BCUT2D eigenvalue weighted by molar-refractivity contribution is 5.83. The average Bonchev–Trinajstić information content (AvgIpc) is 2.66. The fraction of sp³-hybridized carbons (Fsp3) is 0.304. The van der Waals surface area contributed by atoms with Crippen molar-refractivity contribution in [3.8, 4) is 0 Å². The van der Waals surface area contributed by atoms with E-state index >= 15 is 0 Å². The van der Waals surface area contributed by atoms with Crippen LogP contribution in [0.4, 0.5) is 0 Å². The first kappa shape index (κ1) is 17.5. The molecule has 136 valence electrons. The maximum absolute atomic E-state index is 4.80. The van der Waals surface area contributed by atoms with Crippen molar-refractivity contribution in [1.29, 1.82) is 0 Å². The molecule has 27 heavy (non-hydrogen) atoms. The first-order chi connectivity index (χ1) is 12.9. The second-order valence-corrected chi connectivity index (χ2v) is 8.23. The molecule has 1 aromatic carbocycles. The van der Waals surface area contributed by atoms with Crippen LogP contribution in [-0.4, -0.2) is 19.9 Å². The van der Waals surface area contributed by atoms with Crippen molar-refractivity contribution in [3.05, 3.63) is 72.2 Å². The second kappa shape index (κ2) is 6.69. The van der Waals surface area contributed by atoms with Gasteiger partial charge in [0.1, 0.15) is 5.82 Å². The Bertz CT molecular complexity index is 1110. The molecule has 3 aromatic heterocycles. The van der Waals surface area contributed by atoms with Gasteiger partial charge in [0.25, 0.3) is 0 Å². The van der Waals surface area contributed by atoms with Crippen LogP contribution in [0.25, 0.3) is 21.7 Å². The van der Waals surface area contributed by atoms with Gasteiger partial charge in [0.05, 0.1) is 11.2 Å². The maximum atomic E-state index is 4.80. The predicted molar refractivity (Wildman–Crippen MR) is 110 cm³/mol. The van der Waals surface area contributed by atoms with Crippen LogP contribution >= 0.6 is 0 Å². The van der Waals surface area contributed by atoms with Gasteiger partial charge in [-0.25, -0.2) is 9.97 Å². The standard InChI is InChI=1S/C23H24N4/c1-15(21-19-14-24-9-7-17(19)8-10-25-21)11-16-5-6-18-13-26-22(23(2,3)4)27-20(18)12-16/h5-10,12-15H,11H2,1-4H3. The predicted octanol–water partition coefficient (Wildman–Crippen LogP) is 5.22. The Hall–Kier alpha value is -2.88. The molecular weight excluding hydrogens is 332 g/mol. The fourth-order valence-corrected chi connectivity index (χ4v) is 3.43. The molecule has 4 rings (SSSR count). The molecule has 0 aliphatic carbocycles. The number of hydrogen-bond acceptors (Lipinski definition) is 4. The van der Waals surface area contributed by atoms with Gasteiger partial charge in [-0.15, -0.1) is 0 Å². The minimum absolute atomic E-state index is 0.0582. The van der Waals surface area contributed by atoms with Gasteiger partial charge in [0, 0.05) is 46.9 Å². The molecule has 0 aliphatic rings. The van der Waals surface area contributed by atoms with E-state index in [1.165, 1.54) is 10.9 Å². The largest absolute Gasteiger partial charge is 0.264 e. The van der Waals surface area contributed by atoms with E-state index in [-0.39, 0.29) is 5.41 Å². The third kappa shape index (κ3) is 3.52. The van der Waals surface area contributed by atoms with Gasteiger partial charge in [-0.3, -0.25) is 9.97 Å². The summed E-state index contributed by atoms with van der Waals surface area (Å²) in [5.74, 6) is 1.17. The Morgan fingerprint density at radius 2 is 1.74 bits per heavy atom. The zero-order valence-electron chi connectivity index (χ0n) is 16.3. The van der Waals surface area contributed by atoms with Crippen molar-refractivity contribution < 1.29 is 0 Å². The van der Waals surface area contributed by atoms with E-state index in [0.29, 0.717) is 5.92 Å². The number of aromatic nitrogens is 4. The lowest BCUT2D eigenvalue weighted by molar-refractivity contribution is 0.548. The van der Waals surface area contributed by atoms with Gasteiger partial charge >= 0.3 is 0 Å². The third-order valence-electron chi connectivity index (χ3n) is 4.93. The summed E-state index contributed by atoms with van der Waals surface area (Å²) in [6.07, 6.45) is 8.46. The molecule has 0 N–H and O–H groups in total. The smallest absolute Gasteiger partial charge is 0.134 e. The zero-order chi connectivity index (χ0) is 19.0. The van der Waals surface area contributed by atoms with E-state index in [0.717, 1.165) is 34.2 Å². The Balaban J connectivity index is 1.68. The SMILES string of the molecule is CC(Cc1ccc2cnc(C(C)(C)C)nc2c1)c1nccc2ccncc12. The molecule has 0 saturated heterocycles. The molecule has 1 atom stereocenters. The van der Waals surface area contributed by atoms with Gasteiger partial charge in [-0.05, 0) is 35.6 Å². The molecule has 4 heteroatoms. The van der Waals surface area contributed by atoms with Gasteiger partial charge in [-0.1, -0.05) is 39.8 Å². The van der Waals surface area contributed by atoms with E-state index in [1.807, 2.05) is 36.9 Å². The molecule has 0 aliphatic heterocycles. The number of rotatable bonds is 3. The average molecular weight is 356 g/mol. The highest BCUT2D eigenvalue weighted by Gasteiger charge is 2.18. The van der Waals surface area contributed by atoms with Crippen LogP contribution in [0.3, 0.4) is 0 Å². The number of pyridine rings is 2. The third-order valence-corrected chi connectivity index (χ3v) is 4.93. The highest BCUT2D eigenvalue weighted by Crippen LogP contribution is 2.27. The number of fused-ring (bicyclic) bond motifs is 2. The number of nitrogens with zero attached hydrogens (tertiary/aromatic N) is 4. The summed E-state index contributed by atoms with van der Waals surface area (Å²) >= 11 is 0. The van der Waals surface area contributed by atoms with E-state index in [1.54, 1.807) is 0 Å². The number of benzene rings is 1. The molecule has 0 saturated carbocycles. The van der Waals surface area contributed by atoms with Crippen LogP contribution in [0.2, 0.25) is 0 Å². The summed E-state index contributed by atoms with van der Waals surface area (Å²) < 4.78 is 0. The van der Waals surface area contributed by atoms with Crippen LogP contribution in [0, 0.1) is 0 Å². The van der Waals surface area contributed by atoms with Crippen molar-refractivity contribution in [1.82, 2.24) is 19.9 Å². The Labute approximate surface area is 159 Å². The summed E-state index contributed by atoms with van der Waals surface area (Å²) in [5, 5.41) is 3.39. The summed E-state index contributed by atoms with van der Waals surface area (Å²) in [7, 11) is 0. The summed E-state index contributed by atoms with van der Waals surface area (Å²) in [5.41, 5.74) is 3.30. The topological polar surface area (TPSA) is 51.6 Å². The lowest BCUT2D eigenvalue weighted by Crippen LogP contribution is -2.15. The minimum Gasteiger partial charge on any atom is -0.264 e. The first-order valence-corrected chi connectivity index (χ1v) is 9.36. The second-order valence-electron chi connectivity index (χ2n) is 8.23. The quantitative estimate of drug-likeness (QED) is 0.505. The molecule has 0 amide bonds. The minimum atomic E-state index is -0.0582. The van der Waals surface area contributed by atoms with Crippen LogP contribution in [0.1, 0.15) is 50.7 Å². The Morgan fingerprint density at radius 3 is 2.56 bits per heavy atom. The van der Waals surface area contributed by atoms with Crippen LogP contribution in [0.5, 0.6) is 0 Å². The maximum Gasteiger partial charge on any atom is 0.134 e. The van der Waals surface area contributed by atoms with Gasteiger partial charge in [0.15, 0.2) is 0 Å². The molecule has 4 aromatic rings. The van der Waals surface area contributed by atoms with Gasteiger partial charge < -0.3 is 0 Å². The first-order valence-electron chi connectivity index (χ1n) is 9.36. The molecule has 3 heterocycles. The van der Waals surface area contributed by atoms with Crippen molar-refractivity contribution in [2.75, 3.05) is 0 Å². The fourth-order valence-electron chi connectivity index (χ4n) is 3.43. The monoisotopic (exact) mass is 356 g/mol. The Kier molecular flexibility index (Phi) is 4.34. The molecule has 0 bridgehead atoms. The van der Waals surface area contributed by atoms with Gasteiger partial charge in [-0.2, -0.15) is 0 Å². The summed E-state index contributed by atoms with van der Waals surface area (Å²) in [6.45, 7) is 8.64. The van der Waals surface area contributed by atoms with E-state index in [9.17, 15) is 0 Å². The normalized spacial score (nSPS) is 13.2. The molecule has 4 nitrogen and oxygen atoms in total. The van der Waals surface area contributed by atoms with Crippen LogP contribution in [0.15, 0.2) is 55.1 Å². The van der Waals surface area contributed by atoms with Crippen molar-refractivity contribution in [3.63, 3.8) is 0 Å². The molecule has 0 fully saturated rings. The van der Waals surface area contributed by atoms with Crippen molar-refractivity contribution >= 4 is 21.7 Å². The Morgan fingerprint density at radius 1 is 0.926 bits per heavy atom. The highest BCUT2D eigenvalue weighted by atomic mass is 14.9. The summed E-state index contributed by atoms with van der Waals surface area (Å²) in [4.78, 5) is 18.2. The lowest BCUT2D eigenvalue weighted by Gasteiger charge is -2.17. The number of hydrogen-bond donors (Lipinski definition) is 0. The van der Waals surface area contributed by atoms with E-state index < -0.39 is 0 Å². The van der Waals surface area contributed by atoms with Crippen LogP contribution in [-0.2, 0) is 11.8 Å². The lowest BCUT2D eigenvalue weighted by atomic mass is 9.94. The van der Waals surface area contributed by atoms with Gasteiger partial charge in [0.2, 0.25) is 0 Å².